The highest BCUT2D eigenvalue weighted by molar-refractivity contribution is 5.99. The normalized spacial score (nSPS) is 18.6. The number of benzene rings is 1. The van der Waals surface area contributed by atoms with E-state index >= 15 is 0 Å². The van der Waals surface area contributed by atoms with E-state index in [1.165, 1.54) is 4.90 Å². The van der Waals surface area contributed by atoms with Gasteiger partial charge in [0.15, 0.2) is 6.10 Å². The van der Waals surface area contributed by atoms with Gasteiger partial charge < -0.3 is 14.7 Å². The Morgan fingerprint density at radius 2 is 2.24 bits per heavy atom. The minimum Gasteiger partial charge on any atom is -0.481 e. The molecule has 0 aromatic heterocycles. The van der Waals surface area contributed by atoms with E-state index in [0.717, 1.165) is 0 Å². The van der Waals surface area contributed by atoms with Crippen molar-refractivity contribution < 1.29 is 19.4 Å². The van der Waals surface area contributed by atoms with Gasteiger partial charge in [-0.1, -0.05) is 6.07 Å². The lowest BCUT2D eigenvalue weighted by atomic mass is 10.1. The molecule has 0 radical (unpaired) electrons. The summed E-state index contributed by atoms with van der Waals surface area (Å²) in [5.74, 6) is -0.444. The maximum Gasteiger partial charge on any atom is 0.307 e. The molecular weight excluding hydrogens is 222 g/mol. The van der Waals surface area contributed by atoms with Crippen LogP contribution in [0.15, 0.2) is 18.2 Å². The summed E-state index contributed by atoms with van der Waals surface area (Å²) in [5, 5.41) is 8.71. The minimum atomic E-state index is -0.891. The van der Waals surface area contributed by atoms with Crippen LogP contribution >= 0.6 is 0 Å². The van der Waals surface area contributed by atoms with E-state index in [-0.39, 0.29) is 12.3 Å². The Morgan fingerprint density at radius 3 is 2.88 bits per heavy atom. The molecule has 0 fully saturated rings. The number of hydrogen-bond acceptors (Lipinski definition) is 3. The minimum absolute atomic E-state index is 0.0529. The second kappa shape index (κ2) is 4.08. The van der Waals surface area contributed by atoms with Crippen LogP contribution in [-0.4, -0.2) is 30.1 Å². The summed E-state index contributed by atoms with van der Waals surface area (Å²) in [7, 11) is 1.68. The maximum atomic E-state index is 11.7. The van der Waals surface area contributed by atoms with Crippen LogP contribution < -0.4 is 9.64 Å². The zero-order valence-corrected chi connectivity index (χ0v) is 9.64. The fourth-order valence-corrected chi connectivity index (χ4v) is 1.85. The molecule has 0 saturated carbocycles. The number of amides is 1. The fourth-order valence-electron chi connectivity index (χ4n) is 1.85. The fraction of sp³-hybridized carbons (Fsp3) is 0.333. The Kier molecular flexibility index (Phi) is 2.75. The number of nitrogens with zero attached hydrogens (tertiary/aromatic N) is 1. The second-order valence-corrected chi connectivity index (χ2v) is 4.03. The number of hydrogen-bond donors (Lipinski definition) is 1. The summed E-state index contributed by atoms with van der Waals surface area (Å²) < 4.78 is 5.45. The molecule has 1 atom stereocenters. The van der Waals surface area contributed by atoms with Gasteiger partial charge in [0.05, 0.1) is 12.1 Å². The van der Waals surface area contributed by atoms with Gasteiger partial charge in [-0.2, -0.15) is 0 Å². The van der Waals surface area contributed by atoms with E-state index in [4.69, 9.17) is 9.84 Å². The zero-order valence-electron chi connectivity index (χ0n) is 9.64. The summed E-state index contributed by atoms with van der Waals surface area (Å²) in [6.45, 7) is 1.67. The lowest BCUT2D eigenvalue weighted by Gasteiger charge is -2.30. The molecule has 90 valence electrons. The van der Waals surface area contributed by atoms with Gasteiger partial charge in [0.1, 0.15) is 5.75 Å². The van der Waals surface area contributed by atoms with Crippen LogP contribution in [0.5, 0.6) is 5.75 Å². The number of carboxylic acid groups (broad SMARTS) is 1. The van der Waals surface area contributed by atoms with E-state index in [1.54, 1.807) is 32.2 Å². The zero-order chi connectivity index (χ0) is 12.6. The lowest BCUT2D eigenvalue weighted by molar-refractivity contribution is -0.136. The molecule has 1 aromatic rings. The summed E-state index contributed by atoms with van der Waals surface area (Å²) in [4.78, 5) is 23.8. The first kappa shape index (κ1) is 11.4. The van der Waals surface area contributed by atoms with Crippen molar-refractivity contribution in [2.45, 2.75) is 19.4 Å². The average molecular weight is 235 g/mol. The van der Waals surface area contributed by atoms with Gasteiger partial charge >= 0.3 is 5.97 Å². The average Bonchev–Trinajstić information content (AvgIpc) is 2.25. The van der Waals surface area contributed by atoms with Crippen molar-refractivity contribution in [3.8, 4) is 5.75 Å². The monoisotopic (exact) mass is 235 g/mol. The maximum absolute atomic E-state index is 11.7. The quantitative estimate of drug-likeness (QED) is 0.832. The molecule has 1 aliphatic rings. The Morgan fingerprint density at radius 1 is 1.53 bits per heavy atom. The molecule has 5 nitrogen and oxygen atoms in total. The molecule has 1 N–H and O–H groups in total. The van der Waals surface area contributed by atoms with Crippen LogP contribution in [0.3, 0.4) is 0 Å². The highest BCUT2D eigenvalue weighted by atomic mass is 16.5. The van der Waals surface area contributed by atoms with Crippen LogP contribution in [0, 0.1) is 0 Å². The highest BCUT2D eigenvalue weighted by Crippen LogP contribution is 2.33. The van der Waals surface area contributed by atoms with Gasteiger partial charge in [0.25, 0.3) is 5.91 Å². The lowest BCUT2D eigenvalue weighted by Crippen LogP contribution is -2.41. The molecule has 5 heteroatoms. The Balaban J connectivity index is 2.36. The van der Waals surface area contributed by atoms with Crippen molar-refractivity contribution in [2.24, 2.45) is 0 Å². The number of ether oxygens (including phenoxy) is 1. The van der Waals surface area contributed by atoms with Crippen LogP contribution in [-0.2, 0) is 16.0 Å². The predicted molar refractivity (Wildman–Crippen MR) is 61.3 cm³/mol. The SMILES string of the molecule is CC1Oc2cc(CC(=O)O)ccc2N(C)C1=O. The number of carboxylic acids is 1. The van der Waals surface area contributed by atoms with E-state index in [0.29, 0.717) is 17.0 Å². The van der Waals surface area contributed by atoms with E-state index < -0.39 is 12.1 Å². The van der Waals surface area contributed by atoms with Crippen molar-refractivity contribution in [3.63, 3.8) is 0 Å². The topological polar surface area (TPSA) is 66.8 Å². The van der Waals surface area contributed by atoms with Gasteiger partial charge in [0, 0.05) is 7.05 Å². The van der Waals surface area contributed by atoms with Crippen molar-refractivity contribution in [3.05, 3.63) is 23.8 Å². The van der Waals surface area contributed by atoms with Crippen molar-refractivity contribution in [1.82, 2.24) is 0 Å². The first-order valence-corrected chi connectivity index (χ1v) is 5.28. The summed E-state index contributed by atoms with van der Waals surface area (Å²) in [6.07, 6.45) is -0.588. The van der Waals surface area contributed by atoms with E-state index in [1.807, 2.05) is 0 Å². The molecule has 0 bridgehead atoms. The predicted octanol–water partition coefficient (Wildman–Crippen LogP) is 1.06. The Bertz CT molecular complexity index is 483. The molecule has 2 rings (SSSR count). The Hall–Kier alpha value is -2.04. The van der Waals surface area contributed by atoms with Crippen molar-refractivity contribution >= 4 is 17.6 Å². The second-order valence-electron chi connectivity index (χ2n) is 4.03. The third-order valence-corrected chi connectivity index (χ3v) is 2.72. The van der Waals surface area contributed by atoms with Crippen LogP contribution in [0.25, 0.3) is 0 Å². The van der Waals surface area contributed by atoms with Crippen molar-refractivity contribution in [2.75, 3.05) is 11.9 Å². The molecule has 1 heterocycles. The molecule has 0 aliphatic carbocycles. The first-order valence-electron chi connectivity index (χ1n) is 5.28. The number of fused-ring (bicyclic) bond motifs is 1. The van der Waals surface area contributed by atoms with Gasteiger partial charge in [0.2, 0.25) is 0 Å². The third kappa shape index (κ3) is 2.08. The number of aliphatic carboxylic acids is 1. The standard InChI is InChI=1S/C12H13NO4/c1-7-12(16)13(2)9-4-3-8(6-11(14)15)5-10(9)17-7/h3-5,7H,6H2,1-2H3,(H,14,15). The molecule has 17 heavy (non-hydrogen) atoms. The largest absolute Gasteiger partial charge is 0.481 e. The number of likely N-dealkylation sites (N-methyl/N-ethyl adjacent to an activating group) is 1. The van der Waals surface area contributed by atoms with Crippen LogP contribution in [0.1, 0.15) is 12.5 Å². The number of rotatable bonds is 2. The smallest absolute Gasteiger partial charge is 0.307 e. The number of carbonyl (C=O) groups is 2. The Labute approximate surface area is 98.6 Å². The summed E-state index contributed by atoms with van der Waals surface area (Å²) in [5.41, 5.74) is 1.33. The van der Waals surface area contributed by atoms with Gasteiger partial charge in [-0.25, -0.2) is 0 Å². The summed E-state index contributed by atoms with van der Waals surface area (Å²) in [6, 6.07) is 5.07. The van der Waals surface area contributed by atoms with Gasteiger partial charge in [-0.3, -0.25) is 9.59 Å². The third-order valence-electron chi connectivity index (χ3n) is 2.72. The van der Waals surface area contributed by atoms with Crippen molar-refractivity contribution in [1.29, 1.82) is 0 Å². The van der Waals surface area contributed by atoms with Gasteiger partial charge in [-0.05, 0) is 24.6 Å². The highest BCUT2D eigenvalue weighted by Gasteiger charge is 2.28. The number of anilines is 1. The van der Waals surface area contributed by atoms with Gasteiger partial charge in [-0.15, -0.1) is 0 Å². The molecule has 0 spiro atoms. The molecule has 1 aromatic carbocycles. The molecule has 0 saturated heterocycles. The molecule has 1 aliphatic heterocycles. The molecule has 1 unspecified atom stereocenters. The van der Waals surface area contributed by atoms with Crippen LogP contribution in [0.2, 0.25) is 0 Å². The van der Waals surface area contributed by atoms with Crippen LogP contribution in [0.4, 0.5) is 5.69 Å². The molecular formula is C12H13NO4. The first-order chi connectivity index (χ1) is 7.99. The molecule has 1 amide bonds. The van der Waals surface area contributed by atoms with E-state index in [2.05, 4.69) is 0 Å². The van der Waals surface area contributed by atoms with E-state index in [9.17, 15) is 9.59 Å². The number of carbonyl (C=O) groups excluding carboxylic acids is 1. The summed E-state index contributed by atoms with van der Waals surface area (Å²) >= 11 is 0.